The number of sulfonamides is 1. The van der Waals surface area contributed by atoms with Gasteiger partial charge in [0.2, 0.25) is 10.0 Å². The summed E-state index contributed by atoms with van der Waals surface area (Å²) in [7, 11) is -2.56. The number of carbonyl (C=O) groups is 2. The molecular weight excluding hydrogens is 274 g/mol. The summed E-state index contributed by atoms with van der Waals surface area (Å²) in [4.78, 5) is 21.6. The van der Waals surface area contributed by atoms with Crippen LogP contribution in [-0.2, 0) is 19.6 Å². The smallest absolute Gasteiger partial charge is 0.335 e. The fourth-order valence-corrected chi connectivity index (χ4v) is 2.29. The molecule has 8 heteroatoms. The van der Waals surface area contributed by atoms with E-state index in [4.69, 9.17) is 5.11 Å². The van der Waals surface area contributed by atoms with Gasteiger partial charge in [-0.25, -0.2) is 13.2 Å². The number of carboxylic acid groups (broad SMARTS) is 1. The minimum atomic E-state index is -3.73. The fraction of sp³-hybridized carbons (Fsp3) is 0.273. The second-order valence-electron chi connectivity index (χ2n) is 3.63. The third-order valence-electron chi connectivity index (χ3n) is 2.19. The molecule has 0 saturated carbocycles. The van der Waals surface area contributed by atoms with Crippen LogP contribution < -0.4 is 4.72 Å². The Labute approximate surface area is 110 Å². The number of methoxy groups -OCH3 is 1. The van der Waals surface area contributed by atoms with Gasteiger partial charge in [-0.3, -0.25) is 9.52 Å². The van der Waals surface area contributed by atoms with Crippen LogP contribution >= 0.6 is 0 Å². The quantitative estimate of drug-likeness (QED) is 0.745. The number of nitrogens with one attached hydrogen (secondary N) is 1. The molecule has 0 aromatic heterocycles. The minimum Gasteiger partial charge on any atom is -0.478 e. The van der Waals surface area contributed by atoms with Gasteiger partial charge in [-0.05, 0) is 18.2 Å². The normalized spacial score (nSPS) is 10.8. The lowest BCUT2D eigenvalue weighted by molar-refractivity contribution is -0.140. The number of hydrogen-bond acceptors (Lipinski definition) is 5. The summed E-state index contributed by atoms with van der Waals surface area (Å²) >= 11 is 0. The first-order valence-corrected chi connectivity index (χ1v) is 6.90. The van der Waals surface area contributed by atoms with E-state index in [2.05, 4.69) is 9.46 Å². The largest absolute Gasteiger partial charge is 0.478 e. The maximum Gasteiger partial charge on any atom is 0.335 e. The molecule has 0 bridgehead atoms. The Bertz CT molecular complexity index is 581. The highest BCUT2D eigenvalue weighted by Gasteiger charge is 2.14. The van der Waals surface area contributed by atoms with Gasteiger partial charge in [-0.15, -0.1) is 0 Å². The van der Waals surface area contributed by atoms with Crippen molar-refractivity contribution in [3.63, 3.8) is 0 Å². The molecule has 2 N–H and O–H groups in total. The minimum absolute atomic E-state index is 0.0341. The molecule has 7 nitrogen and oxygen atoms in total. The molecule has 0 amide bonds. The Kier molecular flexibility index (Phi) is 4.87. The molecule has 0 aliphatic rings. The molecule has 0 heterocycles. The molecule has 0 saturated heterocycles. The topological polar surface area (TPSA) is 110 Å². The predicted molar refractivity (Wildman–Crippen MR) is 67.4 cm³/mol. The van der Waals surface area contributed by atoms with Crippen LogP contribution in [-0.4, -0.2) is 38.3 Å². The Morgan fingerprint density at radius 3 is 2.63 bits per heavy atom. The van der Waals surface area contributed by atoms with Crippen LogP contribution in [0.2, 0.25) is 0 Å². The van der Waals surface area contributed by atoms with E-state index in [0.717, 1.165) is 0 Å². The molecule has 0 spiro atoms. The Morgan fingerprint density at radius 1 is 1.37 bits per heavy atom. The highest BCUT2D eigenvalue weighted by Crippen LogP contribution is 2.13. The first-order chi connectivity index (χ1) is 8.84. The van der Waals surface area contributed by atoms with Crippen LogP contribution in [0.5, 0.6) is 0 Å². The monoisotopic (exact) mass is 287 g/mol. The van der Waals surface area contributed by atoms with Gasteiger partial charge in [0.05, 0.1) is 24.8 Å². The summed E-state index contributed by atoms with van der Waals surface area (Å²) in [5.41, 5.74) is 0.0953. The van der Waals surface area contributed by atoms with E-state index in [1.165, 1.54) is 31.4 Å². The van der Waals surface area contributed by atoms with Gasteiger partial charge < -0.3 is 9.84 Å². The summed E-state index contributed by atoms with van der Waals surface area (Å²) in [6.07, 6.45) is -0.273. The number of benzene rings is 1. The van der Waals surface area contributed by atoms with Crippen molar-refractivity contribution in [2.75, 3.05) is 17.6 Å². The number of rotatable bonds is 6. The standard InChI is InChI=1S/C11H13NO6S/c1-18-10(13)5-6-19(16,17)12-9-4-2-3-8(7-9)11(14)15/h2-4,7,12H,5-6H2,1H3,(H,14,15). The van der Waals surface area contributed by atoms with Crippen LogP contribution in [0.25, 0.3) is 0 Å². The zero-order valence-electron chi connectivity index (χ0n) is 10.1. The number of carbonyl (C=O) groups excluding carboxylic acids is 1. The zero-order valence-corrected chi connectivity index (χ0v) is 10.9. The molecule has 104 valence electrons. The average Bonchev–Trinajstić information content (AvgIpc) is 2.35. The number of esters is 1. The van der Waals surface area contributed by atoms with E-state index in [-0.39, 0.29) is 17.7 Å². The van der Waals surface area contributed by atoms with Gasteiger partial charge in [0.25, 0.3) is 0 Å². The molecule has 0 fully saturated rings. The molecule has 0 aliphatic carbocycles. The van der Waals surface area contributed by atoms with Crippen LogP contribution in [0.4, 0.5) is 5.69 Å². The van der Waals surface area contributed by atoms with Gasteiger partial charge in [0.1, 0.15) is 0 Å². The molecule has 1 aromatic rings. The zero-order chi connectivity index (χ0) is 14.5. The first-order valence-electron chi connectivity index (χ1n) is 5.25. The first kappa shape index (κ1) is 15.0. The van der Waals surface area contributed by atoms with E-state index >= 15 is 0 Å². The maximum absolute atomic E-state index is 11.6. The molecular formula is C11H13NO6S. The predicted octanol–water partition coefficient (Wildman–Crippen LogP) is 0.690. The molecule has 0 radical (unpaired) electrons. The van der Waals surface area contributed by atoms with Crippen molar-refractivity contribution in [2.24, 2.45) is 0 Å². The van der Waals surface area contributed by atoms with Gasteiger partial charge in [0.15, 0.2) is 0 Å². The number of hydrogen-bond donors (Lipinski definition) is 2. The summed E-state index contributed by atoms with van der Waals surface area (Å²) in [6, 6.07) is 5.37. The molecule has 0 aliphatic heterocycles. The van der Waals surface area contributed by atoms with E-state index in [1.807, 2.05) is 0 Å². The van der Waals surface area contributed by atoms with Crippen LogP contribution in [0.15, 0.2) is 24.3 Å². The van der Waals surface area contributed by atoms with Crippen molar-refractivity contribution in [3.8, 4) is 0 Å². The Morgan fingerprint density at radius 2 is 2.05 bits per heavy atom. The third-order valence-corrected chi connectivity index (χ3v) is 3.47. The van der Waals surface area contributed by atoms with Crippen molar-refractivity contribution in [2.45, 2.75) is 6.42 Å². The van der Waals surface area contributed by atoms with Crippen LogP contribution in [0, 0.1) is 0 Å². The van der Waals surface area contributed by atoms with Crippen LogP contribution in [0.1, 0.15) is 16.8 Å². The van der Waals surface area contributed by atoms with Gasteiger partial charge >= 0.3 is 11.9 Å². The Hall–Kier alpha value is -2.09. The molecule has 0 unspecified atom stereocenters. The van der Waals surface area contributed by atoms with E-state index < -0.39 is 27.7 Å². The van der Waals surface area contributed by atoms with Crippen molar-refractivity contribution >= 4 is 27.6 Å². The number of anilines is 1. The molecule has 19 heavy (non-hydrogen) atoms. The fourth-order valence-electron chi connectivity index (χ4n) is 1.27. The van der Waals surface area contributed by atoms with E-state index in [0.29, 0.717) is 0 Å². The van der Waals surface area contributed by atoms with Gasteiger partial charge in [-0.1, -0.05) is 6.07 Å². The molecule has 1 rings (SSSR count). The molecule has 1 aromatic carbocycles. The van der Waals surface area contributed by atoms with Gasteiger partial charge in [0, 0.05) is 5.69 Å². The SMILES string of the molecule is COC(=O)CCS(=O)(=O)Nc1cccc(C(=O)O)c1. The highest BCUT2D eigenvalue weighted by molar-refractivity contribution is 7.92. The number of ether oxygens (including phenoxy) is 1. The summed E-state index contributed by atoms with van der Waals surface area (Å²) in [5.74, 6) is -2.22. The molecule has 0 atom stereocenters. The van der Waals surface area contributed by atoms with E-state index in [9.17, 15) is 18.0 Å². The number of aromatic carboxylic acids is 1. The lowest BCUT2D eigenvalue weighted by Crippen LogP contribution is -2.19. The average molecular weight is 287 g/mol. The summed E-state index contributed by atoms with van der Waals surface area (Å²) in [5, 5.41) is 8.78. The second-order valence-corrected chi connectivity index (χ2v) is 5.47. The van der Waals surface area contributed by atoms with E-state index in [1.54, 1.807) is 0 Å². The maximum atomic E-state index is 11.6. The highest BCUT2D eigenvalue weighted by atomic mass is 32.2. The lowest BCUT2D eigenvalue weighted by Gasteiger charge is -2.07. The van der Waals surface area contributed by atoms with Crippen molar-refractivity contribution in [1.29, 1.82) is 0 Å². The van der Waals surface area contributed by atoms with Crippen LogP contribution in [0.3, 0.4) is 0 Å². The lowest BCUT2D eigenvalue weighted by atomic mass is 10.2. The van der Waals surface area contributed by atoms with Crippen molar-refractivity contribution in [1.82, 2.24) is 0 Å². The Balaban J connectivity index is 2.75. The summed E-state index contributed by atoms with van der Waals surface area (Å²) < 4.78 is 29.8. The third kappa shape index (κ3) is 4.96. The van der Waals surface area contributed by atoms with Gasteiger partial charge in [-0.2, -0.15) is 0 Å². The second kappa shape index (κ2) is 6.19. The van der Waals surface area contributed by atoms with Crippen molar-refractivity contribution in [3.05, 3.63) is 29.8 Å². The number of carboxylic acids is 1. The van der Waals surface area contributed by atoms with Crippen molar-refractivity contribution < 1.29 is 27.9 Å². The summed E-state index contributed by atoms with van der Waals surface area (Å²) in [6.45, 7) is 0.